The Hall–Kier alpha value is -1.25. The summed E-state index contributed by atoms with van der Waals surface area (Å²) < 4.78 is 3.86. The van der Waals surface area contributed by atoms with Crippen LogP contribution in [0.15, 0.2) is 10.2 Å². The van der Waals surface area contributed by atoms with E-state index < -0.39 is 18.3 Å². The lowest BCUT2D eigenvalue weighted by atomic mass is 10.4. The summed E-state index contributed by atoms with van der Waals surface area (Å²) in [7, 11) is 1.14. The average molecular weight is 237 g/mol. The Labute approximate surface area is 90.2 Å². The maximum Gasteiger partial charge on any atom is 0.315 e. The van der Waals surface area contributed by atoms with E-state index in [0.717, 1.165) is 7.11 Å². The molecule has 0 saturated heterocycles. The molecule has 0 atom stereocenters. The van der Waals surface area contributed by atoms with Gasteiger partial charge in [0.1, 0.15) is 17.0 Å². The van der Waals surface area contributed by atoms with E-state index in [1.165, 1.54) is 0 Å². The molecule has 7 heteroatoms. The molecule has 5 nitrogen and oxygen atoms in total. The van der Waals surface area contributed by atoms with E-state index in [0.29, 0.717) is 0 Å². The lowest BCUT2D eigenvalue weighted by Gasteiger charge is -2.01. The van der Waals surface area contributed by atoms with Crippen LogP contribution in [0.5, 0.6) is 0 Å². The van der Waals surface area contributed by atoms with Gasteiger partial charge >= 0.3 is 5.97 Å². The Morgan fingerprint density at radius 2 is 2.07 bits per heavy atom. The van der Waals surface area contributed by atoms with Gasteiger partial charge in [0.05, 0.1) is 7.11 Å². The van der Waals surface area contributed by atoms with Crippen molar-refractivity contribution in [2.75, 3.05) is 7.11 Å². The fraction of sp³-hybridized carbons (Fsp3) is 0.286. The van der Waals surface area contributed by atoms with Crippen molar-refractivity contribution in [1.82, 2.24) is 5.32 Å². The molecule has 0 aliphatic heterocycles. The molecule has 0 aliphatic rings. The van der Waals surface area contributed by atoms with Crippen LogP contribution in [0, 0.1) is 11.3 Å². The smallest absolute Gasteiger partial charge is 0.315 e. The van der Waals surface area contributed by atoms with Gasteiger partial charge in [-0.05, 0) is 0 Å². The third kappa shape index (κ3) is 4.70. The number of carbonyl (C=O) groups is 2. The van der Waals surface area contributed by atoms with Crippen LogP contribution in [0.2, 0.25) is 0 Å². The average Bonchev–Trinajstić information content (AvgIpc) is 2.13. The third-order valence-electron chi connectivity index (χ3n) is 1.10. The molecule has 0 bridgehead atoms. The van der Waals surface area contributed by atoms with E-state index in [4.69, 9.17) is 28.5 Å². The molecule has 0 aromatic heterocycles. The maximum absolute atomic E-state index is 11.0. The number of nitrogens with one attached hydrogen (secondary N) is 1. The molecular weight excluding hydrogens is 231 g/mol. The van der Waals surface area contributed by atoms with Crippen molar-refractivity contribution < 1.29 is 14.3 Å². The zero-order chi connectivity index (χ0) is 11.1. The van der Waals surface area contributed by atoms with Crippen molar-refractivity contribution >= 4 is 35.1 Å². The van der Waals surface area contributed by atoms with Gasteiger partial charge < -0.3 is 10.1 Å². The van der Waals surface area contributed by atoms with Gasteiger partial charge in [-0.15, -0.1) is 0 Å². The van der Waals surface area contributed by atoms with E-state index in [1.807, 2.05) is 5.32 Å². The quantitative estimate of drug-likeness (QED) is 0.448. The van der Waals surface area contributed by atoms with Gasteiger partial charge in [-0.25, -0.2) is 0 Å². The molecule has 1 amide bonds. The predicted molar refractivity (Wildman–Crippen MR) is 49.1 cm³/mol. The van der Waals surface area contributed by atoms with Crippen molar-refractivity contribution in [3.05, 3.63) is 10.2 Å². The minimum absolute atomic E-state index is 0.303. The van der Waals surface area contributed by atoms with Gasteiger partial charge in [0.15, 0.2) is 5.70 Å². The number of nitrogens with zero attached hydrogens (tertiary/aromatic N) is 1. The summed E-state index contributed by atoms with van der Waals surface area (Å²) in [6.45, 7) is 0. The fourth-order valence-electron chi connectivity index (χ4n) is 0.504. The standard InChI is InChI=1S/C7H6Cl2N2O3/c1-14-6(13)2-5(12)11-4(3-10)7(8)9/h2H2,1H3,(H,11,12). The number of amides is 1. The molecule has 0 aliphatic carbocycles. The number of nitriles is 1. The van der Waals surface area contributed by atoms with Crippen LogP contribution >= 0.6 is 23.2 Å². The topological polar surface area (TPSA) is 79.2 Å². The first kappa shape index (κ1) is 12.8. The number of carbonyl (C=O) groups excluding carboxylic acids is 2. The summed E-state index contributed by atoms with van der Waals surface area (Å²) in [6.07, 6.45) is -0.497. The predicted octanol–water partition coefficient (Wildman–Crippen LogP) is 0.836. The Bertz CT molecular complexity index is 315. The highest BCUT2D eigenvalue weighted by atomic mass is 35.5. The second kappa shape index (κ2) is 6.24. The van der Waals surface area contributed by atoms with Gasteiger partial charge in [-0.2, -0.15) is 5.26 Å². The molecule has 0 rings (SSSR count). The highest BCUT2D eigenvalue weighted by Gasteiger charge is 2.12. The summed E-state index contributed by atoms with van der Waals surface area (Å²) in [5, 5.41) is 10.5. The largest absolute Gasteiger partial charge is 0.469 e. The van der Waals surface area contributed by atoms with Crippen LogP contribution in [0.25, 0.3) is 0 Å². The van der Waals surface area contributed by atoms with Crippen molar-refractivity contribution in [1.29, 1.82) is 5.26 Å². The van der Waals surface area contributed by atoms with Crippen molar-refractivity contribution in [3.63, 3.8) is 0 Å². The molecule has 0 spiro atoms. The highest BCUT2D eigenvalue weighted by molar-refractivity contribution is 6.56. The molecule has 0 aromatic carbocycles. The Morgan fingerprint density at radius 3 is 2.43 bits per heavy atom. The van der Waals surface area contributed by atoms with Crippen LogP contribution in [-0.2, 0) is 14.3 Å². The number of rotatable bonds is 3. The summed E-state index contributed by atoms with van der Waals surface area (Å²) in [6, 6.07) is 1.56. The summed E-state index contributed by atoms with van der Waals surface area (Å²) in [5.41, 5.74) is -0.303. The maximum atomic E-state index is 11.0. The lowest BCUT2D eigenvalue weighted by Crippen LogP contribution is -2.25. The molecule has 0 aromatic rings. The molecule has 14 heavy (non-hydrogen) atoms. The number of methoxy groups -OCH3 is 1. The summed E-state index contributed by atoms with van der Waals surface area (Å²) in [4.78, 5) is 21.6. The number of allylic oxidation sites excluding steroid dienone is 1. The molecule has 0 saturated carbocycles. The zero-order valence-electron chi connectivity index (χ0n) is 7.13. The second-order valence-corrected chi connectivity index (χ2v) is 3.00. The van der Waals surface area contributed by atoms with Gasteiger partial charge in [0.25, 0.3) is 0 Å². The minimum Gasteiger partial charge on any atom is -0.469 e. The number of esters is 1. The molecule has 1 N–H and O–H groups in total. The van der Waals surface area contributed by atoms with Crippen LogP contribution in [0.1, 0.15) is 6.42 Å². The molecule has 76 valence electrons. The number of hydrogen-bond donors (Lipinski definition) is 1. The van der Waals surface area contributed by atoms with Crippen LogP contribution in [0.4, 0.5) is 0 Å². The monoisotopic (exact) mass is 236 g/mol. The summed E-state index contributed by atoms with van der Waals surface area (Å²) in [5.74, 6) is -1.43. The first-order valence-corrected chi connectivity index (χ1v) is 4.09. The van der Waals surface area contributed by atoms with Crippen LogP contribution < -0.4 is 5.32 Å². The van der Waals surface area contributed by atoms with Crippen LogP contribution in [0.3, 0.4) is 0 Å². The fourth-order valence-corrected chi connectivity index (χ4v) is 0.683. The van der Waals surface area contributed by atoms with Gasteiger partial charge in [-0.3, -0.25) is 9.59 Å². The normalized spacial score (nSPS) is 8.43. The van der Waals surface area contributed by atoms with Gasteiger partial charge in [-0.1, -0.05) is 23.2 Å². The van der Waals surface area contributed by atoms with E-state index in [9.17, 15) is 9.59 Å². The molecule has 0 fully saturated rings. The molecule has 0 radical (unpaired) electrons. The first-order valence-electron chi connectivity index (χ1n) is 3.33. The van der Waals surface area contributed by atoms with Gasteiger partial charge in [0.2, 0.25) is 5.91 Å². The molecule has 0 heterocycles. The lowest BCUT2D eigenvalue weighted by molar-refractivity contribution is -0.143. The third-order valence-corrected chi connectivity index (χ3v) is 1.48. The van der Waals surface area contributed by atoms with E-state index in [2.05, 4.69) is 4.74 Å². The molecule has 0 unspecified atom stereocenters. The van der Waals surface area contributed by atoms with Crippen LogP contribution in [-0.4, -0.2) is 19.0 Å². The minimum atomic E-state index is -0.717. The number of ether oxygens (including phenoxy) is 1. The van der Waals surface area contributed by atoms with E-state index in [-0.39, 0.29) is 10.2 Å². The van der Waals surface area contributed by atoms with Crippen molar-refractivity contribution in [2.24, 2.45) is 0 Å². The number of halogens is 2. The van der Waals surface area contributed by atoms with E-state index in [1.54, 1.807) is 6.07 Å². The van der Waals surface area contributed by atoms with Crippen molar-refractivity contribution in [3.8, 4) is 6.07 Å². The Kier molecular flexibility index (Phi) is 5.68. The SMILES string of the molecule is COC(=O)CC(=O)NC(C#N)=C(Cl)Cl. The second-order valence-electron chi connectivity index (χ2n) is 2.05. The number of hydrogen-bond acceptors (Lipinski definition) is 4. The first-order chi connectivity index (χ1) is 6.51. The highest BCUT2D eigenvalue weighted by Crippen LogP contribution is 2.10. The Balaban J connectivity index is 4.28. The van der Waals surface area contributed by atoms with E-state index >= 15 is 0 Å². The van der Waals surface area contributed by atoms with Gasteiger partial charge in [0, 0.05) is 0 Å². The Morgan fingerprint density at radius 1 is 1.50 bits per heavy atom. The zero-order valence-corrected chi connectivity index (χ0v) is 8.65. The summed E-state index contributed by atoms with van der Waals surface area (Å²) >= 11 is 10.5. The molecular formula is C7H6Cl2N2O3. The van der Waals surface area contributed by atoms with Crippen molar-refractivity contribution in [2.45, 2.75) is 6.42 Å².